The average molecular weight is 295 g/mol. The fourth-order valence-corrected chi connectivity index (χ4v) is 2.84. The summed E-state index contributed by atoms with van der Waals surface area (Å²) in [6.45, 7) is 0.316. The van der Waals surface area contributed by atoms with E-state index >= 15 is 0 Å². The van der Waals surface area contributed by atoms with Crippen LogP contribution in [-0.4, -0.2) is 20.6 Å². The van der Waals surface area contributed by atoms with Gasteiger partial charge in [0.2, 0.25) is 0 Å². The number of carboxylic acids is 1. The van der Waals surface area contributed by atoms with Gasteiger partial charge in [0.05, 0.1) is 11.6 Å². The van der Waals surface area contributed by atoms with Gasteiger partial charge in [-0.05, 0) is 25.0 Å². The Morgan fingerprint density at radius 2 is 2.30 bits per heavy atom. The molecule has 6 heteroatoms. The first-order valence-electron chi connectivity index (χ1n) is 6.30. The van der Waals surface area contributed by atoms with E-state index in [2.05, 4.69) is 4.98 Å². The van der Waals surface area contributed by atoms with Gasteiger partial charge < -0.3 is 9.67 Å². The van der Waals surface area contributed by atoms with E-state index in [1.807, 2.05) is 0 Å². The maximum absolute atomic E-state index is 13.3. The van der Waals surface area contributed by atoms with Gasteiger partial charge in [0.25, 0.3) is 0 Å². The van der Waals surface area contributed by atoms with Crippen molar-refractivity contribution in [1.82, 2.24) is 9.55 Å². The molecule has 0 saturated carbocycles. The first-order chi connectivity index (χ1) is 9.56. The highest BCUT2D eigenvalue weighted by molar-refractivity contribution is 6.30. The Morgan fingerprint density at radius 1 is 1.50 bits per heavy atom. The Bertz CT molecular complexity index is 684. The van der Waals surface area contributed by atoms with Crippen molar-refractivity contribution in [3.63, 3.8) is 0 Å². The highest BCUT2D eigenvalue weighted by Gasteiger charge is 2.29. The van der Waals surface area contributed by atoms with Crippen LogP contribution in [0.5, 0.6) is 0 Å². The number of benzene rings is 1. The molecule has 0 radical (unpaired) electrons. The van der Waals surface area contributed by atoms with Gasteiger partial charge in [-0.2, -0.15) is 0 Å². The number of hydrogen-bond acceptors (Lipinski definition) is 2. The highest BCUT2D eigenvalue weighted by atomic mass is 35.5. The summed E-state index contributed by atoms with van der Waals surface area (Å²) in [5, 5.41) is 9.52. The summed E-state index contributed by atoms with van der Waals surface area (Å²) in [6, 6.07) is 6.05. The van der Waals surface area contributed by atoms with Crippen molar-refractivity contribution < 1.29 is 14.3 Å². The van der Waals surface area contributed by atoms with E-state index in [0.29, 0.717) is 35.9 Å². The minimum absolute atomic E-state index is 0.316. The van der Waals surface area contributed by atoms with Gasteiger partial charge in [0, 0.05) is 12.1 Å². The number of halogens is 2. The lowest BCUT2D eigenvalue weighted by Crippen LogP contribution is -2.26. The van der Waals surface area contributed by atoms with Crippen molar-refractivity contribution in [2.45, 2.75) is 19.4 Å². The number of hydrogen-bond donors (Lipinski definition) is 1. The molecule has 0 spiro atoms. The van der Waals surface area contributed by atoms with Crippen LogP contribution >= 0.6 is 11.6 Å². The Kier molecular flexibility index (Phi) is 3.22. The van der Waals surface area contributed by atoms with Crippen molar-refractivity contribution in [3.8, 4) is 11.4 Å². The summed E-state index contributed by atoms with van der Waals surface area (Å²) in [7, 11) is 0. The zero-order valence-electron chi connectivity index (χ0n) is 10.5. The number of aromatic nitrogens is 2. The fourth-order valence-electron chi connectivity index (χ4n) is 2.56. The number of nitrogens with zero attached hydrogens (tertiary/aromatic N) is 2. The monoisotopic (exact) mass is 294 g/mol. The third-order valence-electron chi connectivity index (χ3n) is 3.59. The van der Waals surface area contributed by atoms with E-state index in [1.165, 1.54) is 12.1 Å². The van der Waals surface area contributed by atoms with E-state index in [-0.39, 0.29) is 5.82 Å². The summed E-state index contributed by atoms with van der Waals surface area (Å²) < 4.78 is 15.1. The van der Waals surface area contributed by atoms with Crippen molar-refractivity contribution in [1.29, 1.82) is 0 Å². The molecular formula is C14H12ClFN2O2. The van der Waals surface area contributed by atoms with Gasteiger partial charge in [-0.1, -0.05) is 23.7 Å². The van der Waals surface area contributed by atoms with E-state index in [0.717, 1.165) is 5.69 Å². The van der Waals surface area contributed by atoms with Crippen LogP contribution in [-0.2, 0) is 17.8 Å². The zero-order chi connectivity index (χ0) is 14.3. The zero-order valence-corrected chi connectivity index (χ0v) is 11.3. The SMILES string of the molecule is O=C(O)C1CCc2c(Cl)nc(-c3cccc(F)c3)n2C1. The second kappa shape index (κ2) is 4.90. The fraction of sp³-hybridized carbons (Fsp3) is 0.286. The molecule has 0 amide bonds. The molecule has 4 nitrogen and oxygen atoms in total. The molecule has 1 aromatic heterocycles. The van der Waals surface area contributed by atoms with Gasteiger partial charge in [0.1, 0.15) is 11.6 Å². The second-order valence-electron chi connectivity index (χ2n) is 4.87. The Balaban J connectivity index is 2.08. The number of aliphatic carboxylic acids is 1. The predicted molar refractivity (Wildman–Crippen MR) is 72.1 cm³/mol. The molecule has 1 aromatic carbocycles. The average Bonchev–Trinajstić information content (AvgIpc) is 2.76. The first kappa shape index (κ1) is 13.1. The van der Waals surface area contributed by atoms with Crippen LogP contribution in [0.1, 0.15) is 12.1 Å². The number of fused-ring (bicyclic) bond motifs is 1. The molecule has 0 fully saturated rings. The second-order valence-corrected chi connectivity index (χ2v) is 5.23. The molecule has 1 aliphatic heterocycles. The van der Waals surface area contributed by atoms with E-state index in [4.69, 9.17) is 16.7 Å². The summed E-state index contributed by atoms with van der Waals surface area (Å²) in [6.07, 6.45) is 1.11. The molecule has 0 aliphatic carbocycles. The molecule has 1 aliphatic rings. The first-order valence-corrected chi connectivity index (χ1v) is 6.67. The van der Waals surface area contributed by atoms with Crippen LogP contribution in [0.25, 0.3) is 11.4 Å². The number of rotatable bonds is 2. The Morgan fingerprint density at radius 3 is 3.00 bits per heavy atom. The van der Waals surface area contributed by atoms with Gasteiger partial charge in [-0.25, -0.2) is 9.37 Å². The lowest BCUT2D eigenvalue weighted by molar-refractivity contribution is -0.142. The molecule has 104 valence electrons. The molecule has 1 unspecified atom stereocenters. The molecule has 2 heterocycles. The van der Waals surface area contributed by atoms with Crippen molar-refractivity contribution in [3.05, 3.63) is 40.9 Å². The summed E-state index contributed by atoms with van der Waals surface area (Å²) >= 11 is 6.11. The normalized spacial score (nSPS) is 17.8. The molecule has 0 bridgehead atoms. The highest BCUT2D eigenvalue weighted by Crippen LogP contribution is 2.32. The summed E-state index contributed by atoms with van der Waals surface area (Å²) in [4.78, 5) is 15.4. The molecular weight excluding hydrogens is 283 g/mol. The van der Waals surface area contributed by atoms with Crippen molar-refractivity contribution in [2.24, 2.45) is 5.92 Å². The lowest BCUT2D eigenvalue weighted by atomic mass is 9.98. The molecule has 3 rings (SSSR count). The summed E-state index contributed by atoms with van der Waals surface area (Å²) in [5.41, 5.74) is 1.42. The predicted octanol–water partition coefficient (Wildman–Crippen LogP) is 2.99. The molecule has 20 heavy (non-hydrogen) atoms. The molecule has 0 saturated heterocycles. The molecule has 1 N–H and O–H groups in total. The quantitative estimate of drug-likeness (QED) is 0.926. The van der Waals surface area contributed by atoms with Crippen LogP contribution in [0.3, 0.4) is 0 Å². The molecule has 2 aromatic rings. The van der Waals surface area contributed by atoms with Gasteiger partial charge in [-0.15, -0.1) is 0 Å². The summed E-state index contributed by atoms with van der Waals surface area (Å²) in [5.74, 6) is -1.12. The minimum atomic E-state index is -0.828. The number of carbonyl (C=O) groups is 1. The van der Waals surface area contributed by atoms with E-state index < -0.39 is 11.9 Å². The van der Waals surface area contributed by atoms with E-state index in [1.54, 1.807) is 16.7 Å². The standard InChI is InChI=1S/C14H12ClFN2O2/c15-12-11-5-4-9(14(19)20)7-18(11)13(17-12)8-2-1-3-10(16)6-8/h1-3,6,9H,4-5,7H2,(H,19,20). The maximum atomic E-state index is 13.3. The maximum Gasteiger partial charge on any atom is 0.308 e. The van der Waals surface area contributed by atoms with Crippen LogP contribution in [0.2, 0.25) is 5.15 Å². The van der Waals surface area contributed by atoms with Crippen LogP contribution in [0, 0.1) is 11.7 Å². The van der Waals surface area contributed by atoms with Gasteiger partial charge in [0.15, 0.2) is 5.15 Å². The smallest absolute Gasteiger partial charge is 0.308 e. The van der Waals surface area contributed by atoms with Crippen LogP contribution < -0.4 is 0 Å². The topological polar surface area (TPSA) is 55.1 Å². The van der Waals surface area contributed by atoms with Crippen molar-refractivity contribution in [2.75, 3.05) is 0 Å². The minimum Gasteiger partial charge on any atom is -0.481 e. The Labute approximate surface area is 119 Å². The van der Waals surface area contributed by atoms with Gasteiger partial charge in [-0.3, -0.25) is 4.79 Å². The number of imidazole rings is 1. The Hall–Kier alpha value is -1.88. The van der Waals surface area contributed by atoms with Crippen LogP contribution in [0.4, 0.5) is 4.39 Å². The third-order valence-corrected chi connectivity index (χ3v) is 3.89. The van der Waals surface area contributed by atoms with Gasteiger partial charge >= 0.3 is 5.97 Å². The van der Waals surface area contributed by atoms with Crippen molar-refractivity contribution >= 4 is 17.6 Å². The lowest BCUT2D eigenvalue weighted by Gasteiger charge is -2.22. The number of carboxylic acid groups (broad SMARTS) is 1. The molecule has 1 atom stereocenters. The largest absolute Gasteiger partial charge is 0.481 e. The third kappa shape index (κ3) is 2.18. The van der Waals surface area contributed by atoms with Crippen LogP contribution in [0.15, 0.2) is 24.3 Å². The van der Waals surface area contributed by atoms with E-state index in [9.17, 15) is 9.18 Å².